The summed E-state index contributed by atoms with van der Waals surface area (Å²) >= 11 is 0. The fraction of sp³-hybridized carbons (Fsp3) is 0.750. The monoisotopic (exact) mass is 326 g/mol. The van der Waals surface area contributed by atoms with Crippen LogP contribution in [0.2, 0.25) is 0 Å². The molecule has 0 spiro atoms. The molecule has 23 heavy (non-hydrogen) atoms. The fourth-order valence-corrected chi connectivity index (χ4v) is 2.19. The quantitative estimate of drug-likeness (QED) is 0.428. The van der Waals surface area contributed by atoms with Gasteiger partial charge in [-0.15, -0.1) is 0 Å². The third-order valence-electron chi connectivity index (χ3n) is 3.50. The van der Waals surface area contributed by atoms with E-state index in [1.165, 1.54) is 6.92 Å². The minimum atomic E-state index is -0.815. The Hall–Kier alpha value is -1.92. The molecule has 3 amide bonds. The highest BCUT2D eigenvalue weighted by Crippen LogP contribution is 2.20. The van der Waals surface area contributed by atoms with Crippen molar-refractivity contribution in [3.8, 4) is 0 Å². The maximum atomic E-state index is 11.8. The Morgan fingerprint density at radius 3 is 2.30 bits per heavy atom. The first-order valence-electron chi connectivity index (χ1n) is 7.89. The van der Waals surface area contributed by atoms with Crippen LogP contribution in [0.15, 0.2) is 0 Å². The molecule has 1 N–H and O–H groups in total. The molecule has 1 rings (SSSR count). The van der Waals surface area contributed by atoms with Gasteiger partial charge in [0.05, 0.1) is 6.61 Å². The predicted molar refractivity (Wildman–Crippen MR) is 83.2 cm³/mol. The number of hydrogen-bond donors (Lipinski definition) is 1. The summed E-state index contributed by atoms with van der Waals surface area (Å²) in [6, 6.07) is -0.815. The third-order valence-corrected chi connectivity index (χ3v) is 3.50. The van der Waals surface area contributed by atoms with Gasteiger partial charge in [0.15, 0.2) is 0 Å². The van der Waals surface area contributed by atoms with E-state index in [2.05, 4.69) is 26.1 Å². The molecule has 1 unspecified atom stereocenters. The Labute approximate surface area is 136 Å². The van der Waals surface area contributed by atoms with Crippen molar-refractivity contribution >= 4 is 23.7 Å². The molecule has 0 aromatic rings. The van der Waals surface area contributed by atoms with E-state index in [1.807, 2.05) is 0 Å². The summed E-state index contributed by atoms with van der Waals surface area (Å²) in [5.41, 5.74) is 0.182. The van der Waals surface area contributed by atoms with E-state index < -0.39 is 17.9 Å². The second-order valence-electron chi connectivity index (χ2n) is 6.99. The lowest BCUT2D eigenvalue weighted by atomic mass is 9.91. The molecule has 1 fully saturated rings. The lowest BCUT2D eigenvalue weighted by Gasteiger charge is -2.19. The minimum Gasteiger partial charge on any atom is -0.464 e. The molecule has 1 heterocycles. The Kier molecular flexibility index (Phi) is 6.72. The number of amides is 3. The number of ether oxygens (including phenoxy) is 1. The molecular weight excluding hydrogens is 300 g/mol. The Balaban J connectivity index is 2.30. The van der Waals surface area contributed by atoms with Crippen LogP contribution in [0, 0.1) is 5.41 Å². The normalized spacial score (nSPS) is 16.4. The number of carbonyl (C=O) groups excluding carboxylic acids is 4. The van der Waals surface area contributed by atoms with Crippen LogP contribution in [0.25, 0.3) is 0 Å². The van der Waals surface area contributed by atoms with Crippen LogP contribution in [0.1, 0.15) is 53.4 Å². The number of hydrogen-bond acceptors (Lipinski definition) is 5. The molecule has 1 atom stereocenters. The van der Waals surface area contributed by atoms with Gasteiger partial charge in [0.2, 0.25) is 17.7 Å². The standard InChI is InChI=1S/C16H26N2O5/c1-11(15(22)23-9-5-8-16(2,3)4)17-12(19)10-18-13(20)6-7-14(18)21/h11H,5-10H2,1-4H3,(H,17,19). The van der Waals surface area contributed by atoms with Crippen molar-refractivity contribution in [1.29, 1.82) is 0 Å². The zero-order valence-electron chi connectivity index (χ0n) is 14.3. The molecule has 0 aromatic carbocycles. The summed E-state index contributed by atoms with van der Waals surface area (Å²) in [6.07, 6.45) is 1.96. The van der Waals surface area contributed by atoms with E-state index in [1.54, 1.807) is 0 Å². The van der Waals surface area contributed by atoms with Crippen LogP contribution < -0.4 is 5.32 Å². The van der Waals surface area contributed by atoms with Crippen molar-refractivity contribution in [1.82, 2.24) is 10.2 Å². The maximum absolute atomic E-state index is 11.8. The van der Waals surface area contributed by atoms with E-state index in [4.69, 9.17) is 4.74 Å². The van der Waals surface area contributed by atoms with Crippen LogP contribution in [0.5, 0.6) is 0 Å². The van der Waals surface area contributed by atoms with Crippen LogP contribution in [0.4, 0.5) is 0 Å². The average Bonchev–Trinajstić information content (AvgIpc) is 2.74. The smallest absolute Gasteiger partial charge is 0.328 e. The van der Waals surface area contributed by atoms with Crippen LogP contribution in [0.3, 0.4) is 0 Å². The number of likely N-dealkylation sites (tertiary alicyclic amines) is 1. The van der Waals surface area contributed by atoms with Gasteiger partial charge in [0, 0.05) is 12.8 Å². The number of carbonyl (C=O) groups is 4. The second kappa shape index (κ2) is 8.08. The molecule has 7 nitrogen and oxygen atoms in total. The Morgan fingerprint density at radius 2 is 1.78 bits per heavy atom. The van der Waals surface area contributed by atoms with Crippen LogP contribution in [-0.4, -0.2) is 47.8 Å². The summed E-state index contributed by atoms with van der Waals surface area (Å²) < 4.78 is 5.11. The maximum Gasteiger partial charge on any atom is 0.328 e. The van der Waals surface area contributed by atoms with Crippen molar-refractivity contribution in [2.75, 3.05) is 13.2 Å². The van der Waals surface area contributed by atoms with Crippen molar-refractivity contribution in [2.24, 2.45) is 5.41 Å². The Bertz CT molecular complexity index is 465. The lowest BCUT2D eigenvalue weighted by Crippen LogP contribution is -2.46. The third kappa shape index (κ3) is 6.80. The number of nitrogens with one attached hydrogen (secondary N) is 1. The fourth-order valence-electron chi connectivity index (χ4n) is 2.19. The summed E-state index contributed by atoms with van der Waals surface area (Å²) in [7, 11) is 0. The van der Waals surface area contributed by atoms with Gasteiger partial charge in [-0.05, 0) is 25.2 Å². The summed E-state index contributed by atoms with van der Waals surface area (Å²) in [5, 5.41) is 2.45. The van der Waals surface area contributed by atoms with E-state index in [0.717, 1.165) is 17.7 Å². The molecule has 0 aromatic heterocycles. The zero-order valence-corrected chi connectivity index (χ0v) is 14.3. The lowest BCUT2D eigenvalue weighted by molar-refractivity contribution is -0.148. The van der Waals surface area contributed by atoms with Crippen LogP contribution in [-0.2, 0) is 23.9 Å². The van der Waals surface area contributed by atoms with Crippen LogP contribution >= 0.6 is 0 Å². The highest BCUT2D eigenvalue weighted by Gasteiger charge is 2.31. The minimum absolute atomic E-state index is 0.136. The molecule has 0 aliphatic carbocycles. The molecule has 1 aliphatic rings. The highest BCUT2D eigenvalue weighted by molar-refractivity contribution is 6.04. The van der Waals surface area contributed by atoms with Crippen molar-refractivity contribution in [2.45, 2.75) is 59.4 Å². The van der Waals surface area contributed by atoms with E-state index >= 15 is 0 Å². The number of imide groups is 1. The summed E-state index contributed by atoms with van der Waals surface area (Å²) in [4.78, 5) is 47.4. The van der Waals surface area contributed by atoms with Gasteiger partial charge in [-0.3, -0.25) is 19.3 Å². The van der Waals surface area contributed by atoms with E-state index in [9.17, 15) is 19.2 Å². The molecule has 1 aliphatic heterocycles. The van der Waals surface area contributed by atoms with Gasteiger partial charge in [0.1, 0.15) is 12.6 Å². The SMILES string of the molecule is CC(NC(=O)CN1C(=O)CCC1=O)C(=O)OCCCC(C)(C)C. The topological polar surface area (TPSA) is 92.8 Å². The van der Waals surface area contributed by atoms with Crippen molar-refractivity contribution < 1.29 is 23.9 Å². The first-order chi connectivity index (χ1) is 10.6. The van der Waals surface area contributed by atoms with E-state index in [0.29, 0.717) is 6.61 Å². The second-order valence-corrected chi connectivity index (χ2v) is 6.99. The van der Waals surface area contributed by atoms with Gasteiger partial charge in [-0.25, -0.2) is 4.79 Å². The molecule has 0 radical (unpaired) electrons. The molecule has 0 bridgehead atoms. The summed E-state index contributed by atoms with van der Waals surface area (Å²) in [6.45, 7) is 7.80. The molecule has 130 valence electrons. The van der Waals surface area contributed by atoms with E-state index in [-0.39, 0.29) is 36.6 Å². The van der Waals surface area contributed by atoms with Gasteiger partial charge >= 0.3 is 5.97 Å². The average molecular weight is 326 g/mol. The molecule has 1 saturated heterocycles. The highest BCUT2D eigenvalue weighted by atomic mass is 16.5. The van der Waals surface area contributed by atoms with Gasteiger partial charge < -0.3 is 10.1 Å². The number of esters is 1. The predicted octanol–water partition coefficient (Wildman–Crippen LogP) is 1.01. The van der Waals surface area contributed by atoms with Crippen molar-refractivity contribution in [3.63, 3.8) is 0 Å². The van der Waals surface area contributed by atoms with Crippen molar-refractivity contribution in [3.05, 3.63) is 0 Å². The zero-order chi connectivity index (χ0) is 17.6. The van der Waals surface area contributed by atoms with Gasteiger partial charge in [0.25, 0.3) is 0 Å². The number of nitrogens with zero attached hydrogens (tertiary/aromatic N) is 1. The molecular formula is C16H26N2O5. The van der Waals surface area contributed by atoms with Gasteiger partial charge in [-0.2, -0.15) is 0 Å². The first kappa shape index (κ1) is 19.1. The summed E-state index contributed by atoms with van der Waals surface area (Å²) in [5.74, 6) is -1.79. The molecule has 7 heteroatoms. The number of rotatable bonds is 7. The largest absolute Gasteiger partial charge is 0.464 e. The molecule has 0 saturated carbocycles. The van der Waals surface area contributed by atoms with Gasteiger partial charge in [-0.1, -0.05) is 20.8 Å². The Morgan fingerprint density at radius 1 is 1.22 bits per heavy atom. The first-order valence-corrected chi connectivity index (χ1v) is 7.89.